The number of para-hydroxylation sites is 4. The number of hydrogen-bond donors (Lipinski definition) is 4. The second kappa shape index (κ2) is 20.4. The van der Waals surface area contributed by atoms with Crippen molar-refractivity contribution in [2.24, 2.45) is 0 Å². The van der Waals surface area contributed by atoms with E-state index in [1.54, 1.807) is 0 Å². The summed E-state index contributed by atoms with van der Waals surface area (Å²) in [7, 11) is 0. The Morgan fingerprint density at radius 2 is 0.526 bits per heavy atom. The van der Waals surface area contributed by atoms with Gasteiger partial charge >= 0.3 is 0 Å². The fourth-order valence-corrected chi connectivity index (χ4v) is 3.70. The van der Waals surface area contributed by atoms with Crippen LogP contribution in [0.3, 0.4) is 0 Å². The SMILES string of the molecule is c1ccc2c(c1)NCCOCCOCCOCCNc1ccccc1NCCOCCOCCOCCN2. The molecule has 0 atom stereocenters. The van der Waals surface area contributed by atoms with E-state index in [0.29, 0.717) is 105 Å². The zero-order chi connectivity index (χ0) is 26.4. The average molecular weight is 533 g/mol. The third kappa shape index (κ3) is 13.3. The van der Waals surface area contributed by atoms with Crippen molar-refractivity contribution in [2.75, 3.05) is 127 Å². The van der Waals surface area contributed by atoms with Gasteiger partial charge < -0.3 is 49.7 Å². The molecule has 0 aliphatic carbocycles. The number of ether oxygens (including phenoxy) is 6. The van der Waals surface area contributed by atoms with Crippen LogP contribution in [0.5, 0.6) is 0 Å². The molecule has 0 saturated carbocycles. The first-order chi connectivity index (χ1) is 18.9. The first-order valence-electron chi connectivity index (χ1n) is 13.5. The van der Waals surface area contributed by atoms with Crippen LogP contribution < -0.4 is 21.3 Å². The Morgan fingerprint density at radius 1 is 0.316 bits per heavy atom. The summed E-state index contributed by atoms with van der Waals surface area (Å²) in [6.07, 6.45) is 0. The van der Waals surface area contributed by atoms with Gasteiger partial charge in [-0.05, 0) is 24.3 Å². The van der Waals surface area contributed by atoms with Crippen LogP contribution in [0, 0.1) is 0 Å². The molecule has 1 aliphatic heterocycles. The van der Waals surface area contributed by atoms with Crippen molar-refractivity contribution in [3.8, 4) is 0 Å². The van der Waals surface area contributed by atoms with Crippen molar-refractivity contribution in [3.63, 3.8) is 0 Å². The number of fused-ring (bicyclic) bond motifs is 2. The fraction of sp³-hybridized carbons (Fsp3) is 0.571. The number of benzene rings is 2. The maximum absolute atomic E-state index is 5.67. The van der Waals surface area contributed by atoms with E-state index >= 15 is 0 Å². The van der Waals surface area contributed by atoms with Crippen molar-refractivity contribution in [1.82, 2.24) is 0 Å². The molecule has 3 rings (SSSR count). The maximum atomic E-state index is 5.67. The highest BCUT2D eigenvalue weighted by Gasteiger charge is 2.02. The molecule has 212 valence electrons. The molecule has 10 heteroatoms. The van der Waals surface area contributed by atoms with Crippen molar-refractivity contribution in [1.29, 1.82) is 0 Å². The third-order valence-electron chi connectivity index (χ3n) is 5.59. The molecule has 0 spiro atoms. The van der Waals surface area contributed by atoms with Crippen molar-refractivity contribution >= 4 is 22.7 Å². The predicted molar refractivity (Wildman–Crippen MR) is 152 cm³/mol. The predicted octanol–water partition coefficient (Wildman–Crippen LogP) is 3.15. The minimum atomic E-state index is 0.549. The highest BCUT2D eigenvalue weighted by Crippen LogP contribution is 2.21. The van der Waals surface area contributed by atoms with Crippen LogP contribution in [-0.2, 0) is 28.4 Å². The number of anilines is 4. The molecule has 2 aromatic rings. The van der Waals surface area contributed by atoms with Crippen LogP contribution in [0.1, 0.15) is 0 Å². The lowest BCUT2D eigenvalue weighted by atomic mass is 10.2. The zero-order valence-corrected chi connectivity index (χ0v) is 22.4. The Bertz CT molecular complexity index is 724. The molecule has 0 radical (unpaired) electrons. The summed E-state index contributed by atoms with van der Waals surface area (Å²) in [5, 5.41) is 13.7. The van der Waals surface area contributed by atoms with E-state index in [2.05, 4.69) is 45.5 Å². The van der Waals surface area contributed by atoms with Crippen LogP contribution in [0.4, 0.5) is 22.7 Å². The lowest BCUT2D eigenvalue weighted by Crippen LogP contribution is -2.17. The summed E-state index contributed by atoms with van der Waals surface area (Å²) in [6, 6.07) is 16.3. The van der Waals surface area contributed by atoms with Crippen LogP contribution in [0.2, 0.25) is 0 Å². The number of nitrogens with one attached hydrogen (secondary N) is 4. The molecule has 0 amide bonds. The first kappa shape index (κ1) is 29.9. The van der Waals surface area contributed by atoms with Gasteiger partial charge in [-0.25, -0.2) is 0 Å². The summed E-state index contributed by atoms with van der Waals surface area (Å²) < 4.78 is 33.9. The van der Waals surface area contributed by atoms with Gasteiger partial charge in [0.25, 0.3) is 0 Å². The molecular formula is C28H44N4O6. The molecule has 0 unspecified atom stereocenters. The monoisotopic (exact) mass is 532 g/mol. The first-order valence-corrected chi connectivity index (χ1v) is 13.5. The van der Waals surface area contributed by atoms with Crippen molar-refractivity contribution < 1.29 is 28.4 Å². The van der Waals surface area contributed by atoms with Gasteiger partial charge in [-0.15, -0.1) is 0 Å². The zero-order valence-electron chi connectivity index (χ0n) is 22.4. The quantitative estimate of drug-likeness (QED) is 0.405. The van der Waals surface area contributed by atoms with Gasteiger partial charge in [-0.3, -0.25) is 0 Å². The van der Waals surface area contributed by atoms with Crippen LogP contribution in [-0.4, -0.2) is 105 Å². The highest BCUT2D eigenvalue weighted by molar-refractivity contribution is 5.69. The molecule has 10 nitrogen and oxygen atoms in total. The van der Waals surface area contributed by atoms with Gasteiger partial charge in [0.15, 0.2) is 0 Å². The Kier molecular flexibility index (Phi) is 16.1. The molecule has 0 bridgehead atoms. The third-order valence-corrected chi connectivity index (χ3v) is 5.59. The van der Waals surface area contributed by atoms with E-state index in [1.807, 2.05) is 24.3 Å². The van der Waals surface area contributed by atoms with E-state index in [-0.39, 0.29) is 0 Å². The Labute approximate surface area is 226 Å². The van der Waals surface area contributed by atoms with Crippen molar-refractivity contribution in [3.05, 3.63) is 48.5 Å². The largest absolute Gasteiger partial charge is 0.381 e. The molecule has 1 heterocycles. The van der Waals surface area contributed by atoms with Gasteiger partial charge in [-0.2, -0.15) is 0 Å². The van der Waals surface area contributed by atoms with Crippen LogP contribution in [0.25, 0.3) is 0 Å². The van der Waals surface area contributed by atoms with E-state index in [1.165, 1.54) is 0 Å². The summed E-state index contributed by atoms with van der Waals surface area (Å²) in [5.74, 6) is 0. The van der Waals surface area contributed by atoms with Crippen LogP contribution in [0.15, 0.2) is 48.5 Å². The minimum absolute atomic E-state index is 0.549. The smallest absolute Gasteiger partial charge is 0.0701 e. The molecule has 1 aliphatic rings. The maximum Gasteiger partial charge on any atom is 0.0701 e. The summed E-state index contributed by atoms with van der Waals surface area (Å²) in [4.78, 5) is 0. The van der Waals surface area contributed by atoms with Gasteiger partial charge in [0.1, 0.15) is 0 Å². The van der Waals surface area contributed by atoms with Gasteiger partial charge in [0.2, 0.25) is 0 Å². The normalized spacial score (nSPS) is 19.2. The van der Waals surface area contributed by atoms with Gasteiger partial charge in [0.05, 0.1) is 102 Å². The van der Waals surface area contributed by atoms with Crippen LogP contribution >= 0.6 is 0 Å². The molecule has 0 aromatic heterocycles. The highest BCUT2D eigenvalue weighted by atomic mass is 16.5. The van der Waals surface area contributed by atoms with Gasteiger partial charge in [0, 0.05) is 26.2 Å². The Morgan fingerprint density at radius 3 is 0.763 bits per heavy atom. The summed E-state index contributed by atoms with van der Waals surface area (Å²) >= 11 is 0. The molecular weight excluding hydrogens is 488 g/mol. The second-order valence-corrected chi connectivity index (χ2v) is 8.47. The molecule has 38 heavy (non-hydrogen) atoms. The lowest BCUT2D eigenvalue weighted by molar-refractivity contribution is 0.0182. The second-order valence-electron chi connectivity index (χ2n) is 8.47. The fourth-order valence-electron chi connectivity index (χ4n) is 3.70. The molecule has 4 N–H and O–H groups in total. The van der Waals surface area contributed by atoms with Gasteiger partial charge in [-0.1, -0.05) is 24.3 Å². The summed E-state index contributed by atoms with van der Waals surface area (Å²) in [6.45, 7) is 9.67. The topological polar surface area (TPSA) is 104 Å². The molecule has 0 saturated heterocycles. The molecule has 0 fully saturated rings. The van der Waals surface area contributed by atoms with E-state index < -0.39 is 0 Å². The number of hydrogen-bond acceptors (Lipinski definition) is 10. The standard InChI is InChI=1S/C28H44N4O6/c1-2-6-26-25(5-1)29-9-13-33-17-21-37-23-19-35-15-11-31-27-7-3-4-8-28(27)32-12-16-36-20-24-38-22-18-34-14-10-30-26/h1-8,29-32H,9-24H2. The van der Waals surface area contributed by atoms with E-state index in [4.69, 9.17) is 28.4 Å². The Hall–Kier alpha value is -2.60. The molecule has 2 aromatic carbocycles. The van der Waals surface area contributed by atoms with E-state index in [0.717, 1.165) is 22.7 Å². The number of rotatable bonds is 0. The van der Waals surface area contributed by atoms with E-state index in [9.17, 15) is 0 Å². The van der Waals surface area contributed by atoms with Crippen molar-refractivity contribution in [2.45, 2.75) is 0 Å². The minimum Gasteiger partial charge on any atom is -0.381 e. The summed E-state index contributed by atoms with van der Waals surface area (Å²) in [5.41, 5.74) is 4.17. The lowest BCUT2D eigenvalue weighted by Gasteiger charge is -2.15. The average Bonchev–Trinajstić information content (AvgIpc) is 2.94. The Balaban J connectivity index is 1.37.